The van der Waals surface area contributed by atoms with Crippen LogP contribution in [0.3, 0.4) is 0 Å². The van der Waals surface area contributed by atoms with Crippen LogP contribution in [-0.2, 0) is 9.53 Å². The molecule has 7 heteroatoms. The molecule has 0 saturated heterocycles. The van der Waals surface area contributed by atoms with Crippen LogP contribution < -0.4 is 10.6 Å². The molecule has 0 spiro atoms. The molecule has 0 bridgehead atoms. The zero-order valence-corrected chi connectivity index (χ0v) is 18.0. The SMILES string of the molecule is CC(C)(C)OC(=O)NC(C(=O)NCC(=O)c1ccc(Br)cc1)C1CCC2CC21. The van der Waals surface area contributed by atoms with Gasteiger partial charge in [0.15, 0.2) is 5.78 Å². The fourth-order valence-corrected chi connectivity index (χ4v) is 4.24. The van der Waals surface area contributed by atoms with Crippen LogP contribution in [0.1, 0.15) is 50.4 Å². The number of ketones is 1. The first-order valence-corrected chi connectivity index (χ1v) is 10.5. The van der Waals surface area contributed by atoms with E-state index in [1.165, 1.54) is 0 Å². The number of hydrogen-bond acceptors (Lipinski definition) is 4. The Labute approximate surface area is 173 Å². The second-order valence-electron chi connectivity index (χ2n) is 8.67. The zero-order chi connectivity index (χ0) is 20.5. The van der Waals surface area contributed by atoms with Gasteiger partial charge in [-0.25, -0.2) is 4.79 Å². The first kappa shape index (κ1) is 20.8. The van der Waals surface area contributed by atoms with Crippen LogP contribution in [0.4, 0.5) is 4.79 Å². The largest absolute Gasteiger partial charge is 0.444 e. The van der Waals surface area contributed by atoms with E-state index in [1.54, 1.807) is 45.0 Å². The van der Waals surface area contributed by atoms with Crippen molar-refractivity contribution < 1.29 is 19.1 Å². The topological polar surface area (TPSA) is 84.5 Å². The molecule has 2 aliphatic carbocycles. The number of fused-ring (bicyclic) bond motifs is 1. The van der Waals surface area contributed by atoms with E-state index in [1.807, 2.05) is 0 Å². The second kappa shape index (κ2) is 8.23. The Morgan fingerprint density at radius 1 is 1.18 bits per heavy atom. The molecule has 2 saturated carbocycles. The lowest BCUT2D eigenvalue weighted by molar-refractivity contribution is -0.124. The Hall–Kier alpha value is -1.89. The lowest BCUT2D eigenvalue weighted by Crippen LogP contribution is -2.52. The summed E-state index contributed by atoms with van der Waals surface area (Å²) in [7, 11) is 0. The highest BCUT2D eigenvalue weighted by Gasteiger charge is 2.52. The number of alkyl carbamates (subject to hydrolysis) is 1. The van der Waals surface area contributed by atoms with Crippen molar-refractivity contribution in [2.75, 3.05) is 6.54 Å². The van der Waals surface area contributed by atoms with Crippen LogP contribution in [-0.4, -0.2) is 36.0 Å². The maximum absolute atomic E-state index is 12.8. The van der Waals surface area contributed by atoms with Crippen molar-refractivity contribution in [3.63, 3.8) is 0 Å². The molecule has 2 fully saturated rings. The summed E-state index contributed by atoms with van der Waals surface area (Å²) < 4.78 is 6.22. The molecule has 2 amide bonds. The summed E-state index contributed by atoms with van der Waals surface area (Å²) in [4.78, 5) is 37.4. The predicted octanol–water partition coefficient (Wildman–Crippen LogP) is 3.69. The number of hydrogen-bond donors (Lipinski definition) is 2. The number of benzene rings is 1. The van der Waals surface area contributed by atoms with Gasteiger partial charge in [-0.05, 0) is 69.9 Å². The zero-order valence-electron chi connectivity index (χ0n) is 16.5. The molecule has 4 unspecified atom stereocenters. The van der Waals surface area contributed by atoms with Gasteiger partial charge < -0.3 is 15.4 Å². The predicted molar refractivity (Wildman–Crippen MR) is 109 cm³/mol. The summed E-state index contributed by atoms with van der Waals surface area (Å²) in [6, 6.07) is 6.31. The number of carbonyl (C=O) groups is 3. The minimum absolute atomic E-state index is 0.0975. The van der Waals surface area contributed by atoms with E-state index in [9.17, 15) is 14.4 Å². The van der Waals surface area contributed by atoms with Crippen molar-refractivity contribution in [3.05, 3.63) is 34.3 Å². The minimum atomic E-state index is -0.676. The van der Waals surface area contributed by atoms with E-state index in [2.05, 4.69) is 26.6 Å². The van der Waals surface area contributed by atoms with Gasteiger partial charge in [0.25, 0.3) is 0 Å². The normalized spacial score (nSPS) is 24.1. The molecule has 28 heavy (non-hydrogen) atoms. The standard InChI is InChI=1S/C21H27BrN2O4/c1-21(2,3)28-20(27)24-18(15-9-6-13-10-16(13)15)19(26)23-11-17(25)12-4-7-14(22)8-5-12/h4-5,7-8,13,15-16,18H,6,9-11H2,1-3H3,(H,23,26)(H,24,27). The molecule has 2 N–H and O–H groups in total. The summed E-state index contributed by atoms with van der Waals surface area (Å²) in [5.74, 6) is 0.750. The van der Waals surface area contributed by atoms with E-state index in [4.69, 9.17) is 4.74 Å². The quantitative estimate of drug-likeness (QED) is 0.647. The van der Waals surface area contributed by atoms with Gasteiger partial charge in [-0.2, -0.15) is 0 Å². The monoisotopic (exact) mass is 450 g/mol. The van der Waals surface area contributed by atoms with Crippen LogP contribution >= 0.6 is 15.9 Å². The molecule has 0 aromatic heterocycles. The van der Waals surface area contributed by atoms with Crippen molar-refractivity contribution in [3.8, 4) is 0 Å². The third kappa shape index (κ3) is 5.34. The van der Waals surface area contributed by atoms with Crippen molar-refractivity contribution in [1.29, 1.82) is 0 Å². The average molecular weight is 451 g/mol. The summed E-state index contributed by atoms with van der Waals surface area (Å²) in [6.45, 7) is 5.24. The van der Waals surface area contributed by atoms with E-state index in [0.717, 1.165) is 23.7 Å². The van der Waals surface area contributed by atoms with Crippen LogP contribution in [0.5, 0.6) is 0 Å². The fraction of sp³-hybridized carbons (Fsp3) is 0.571. The Bertz CT molecular complexity index is 757. The lowest BCUT2D eigenvalue weighted by atomic mass is 9.93. The number of halogens is 1. The summed E-state index contributed by atoms with van der Waals surface area (Å²) in [5, 5.41) is 5.46. The number of Topliss-reactive ketones (excluding diaryl/α,β-unsaturated/α-hetero) is 1. The highest BCUT2D eigenvalue weighted by Crippen LogP contribution is 2.56. The maximum atomic E-state index is 12.8. The van der Waals surface area contributed by atoms with Gasteiger partial charge in [-0.3, -0.25) is 9.59 Å². The van der Waals surface area contributed by atoms with E-state index in [0.29, 0.717) is 17.4 Å². The van der Waals surface area contributed by atoms with Gasteiger partial charge in [-0.1, -0.05) is 28.1 Å². The summed E-state index contributed by atoms with van der Waals surface area (Å²) in [5.41, 5.74) is -0.108. The summed E-state index contributed by atoms with van der Waals surface area (Å²) >= 11 is 3.33. The van der Waals surface area contributed by atoms with Crippen LogP contribution in [0.25, 0.3) is 0 Å². The first-order valence-electron chi connectivity index (χ1n) is 9.70. The number of amides is 2. The van der Waals surface area contributed by atoms with E-state index >= 15 is 0 Å². The Balaban J connectivity index is 1.62. The first-order chi connectivity index (χ1) is 13.1. The van der Waals surface area contributed by atoms with E-state index in [-0.39, 0.29) is 24.2 Å². The molecule has 1 aromatic carbocycles. The van der Waals surface area contributed by atoms with Crippen molar-refractivity contribution >= 4 is 33.7 Å². The molecule has 4 atom stereocenters. The highest BCUT2D eigenvalue weighted by molar-refractivity contribution is 9.10. The second-order valence-corrected chi connectivity index (χ2v) is 9.59. The maximum Gasteiger partial charge on any atom is 0.408 e. The molecule has 152 valence electrons. The van der Waals surface area contributed by atoms with Gasteiger partial charge in [0.2, 0.25) is 5.91 Å². The van der Waals surface area contributed by atoms with Gasteiger partial charge in [0.1, 0.15) is 11.6 Å². The summed E-state index contributed by atoms with van der Waals surface area (Å²) in [6.07, 6.45) is 2.51. The van der Waals surface area contributed by atoms with Crippen LogP contribution in [0.2, 0.25) is 0 Å². The van der Waals surface area contributed by atoms with Gasteiger partial charge >= 0.3 is 6.09 Å². The number of nitrogens with one attached hydrogen (secondary N) is 2. The lowest BCUT2D eigenvalue weighted by Gasteiger charge is -2.27. The van der Waals surface area contributed by atoms with Crippen molar-refractivity contribution in [2.24, 2.45) is 17.8 Å². The third-order valence-electron chi connectivity index (χ3n) is 5.37. The smallest absolute Gasteiger partial charge is 0.408 e. The molecule has 1 aromatic rings. The molecule has 0 heterocycles. The van der Waals surface area contributed by atoms with Crippen LogP contribution in [0, 0.1) is 17.8 Å². The highest BCUT2D eigenvalue weighted by atomic mass is 79.9. The Kier molecular flexibility index (Phi) is 6.12. The Morgan fingerprint density at radius 2 is 1.86 bits per heavy atom. The molecule has 3 rings (SSSR count). The third-order valence-corrected chi connectivity index (χ3v) is 5.90. The van der Waals surface area contributed by atoms with Gasteiger partial charge in [0, 0.05) is 10.0 Å². The van der Waals surface area contributed by atoms with Crippen LogP contribution in [0.15, 0.2) is 28.7 Å². The molecule has 6 nitrogen and oxygen atoms in total. The average Bonchev–Trinajstić information content (AvgIpc) is 3.27. The number of carbonyl (C=O) groups excluding carboxylic acids is 3. The van der Waals surface area contributed by atoms with Gasteiger partial charge in [0.05, 0.1) is 6.54 Å². The molecular formula is C21H27BrN2O4. The molecule has 0 aliphatic heterocycles. The van der Waals surface area contributed by atoms with E-state index < -0.39 is 17.7 Å². The molecule has 0 radical (unpaired) electrons. The number of rotatable bonds is 6. The van der Waals surface area contributed by atoms with Gasteiger partial charge in [-0.15, -0.1) is 0 Å². The van der Waals surface area contributed by atoms with Crippen molar-refractivity contribution in [1.82, 2.24) is 10.6 Å². The molecular weight excluding hydrogens is 424 g/mol. The number of ether oxygens (including phenoxy) is 1. The molecule has 2 aliphatic rings. The Morgan fingerprint density at radius 3 is 2.39 bits per heavy atom. The fourth-order valence-electron chi connectivity index (χ4n) is 3.98. The van der Waals surface area contributed by atoms with Crippen molar-refractivity contribution in [2.45, 2.75) is 51.7 Å². The minimum Gasteiger partial charge on any atom is -0.444 e.